The smallest absolute Gasteiger partial charge is 0.422 e. The van der Waals surface area contributed by atoms with E-state index in [4.69, 9.17) is 0 Å². The Bertz CT molecular complexity index is 928. The van der Waals surface area contributed by atoms with Crippen LogP contribution in [0.1, 0.15) is 18.5 Å². The lowest BCUT2D eigenvalue weighted by Crippen LogP contribution is -2.52. The van der Waals surface area contributed by atoms with E-state index in [0.29, 0.717) is 26.2 Å². The van der Waals surface area contributed by atoms with E-state index in [9.17, 15) is 28.1 Å². The van der Waals surface area contributed by atoms with Crippen LogP contribution in [0.2, 0.25) is 0 Å². The summed E-state index contributed by atoms with van der Waals surface area (Å²) in [5.74, 6) is 0.104. The molecular weight excluding hydrogens is 429 g/mol. The second-order valence-corrected chi connectivity index (χ2v) is 7.39. The maximum absolute atomic E-state index is 12.6. The Morgan fingerprint density at radius 3 is 2.22 bits per heavy atom. The number of benzene rings is 2. The van der Waals surface area contributed by atoms with Crippen LogP contribution in [0.25, 0.3) is 0 Å². The molecule has 1 heterocycles. The minimum Gasteiger partial charge on any atom is -0.484 e. The van der Waals surface area contributed by atoms with Gasteiger partial charge in [0.2, 0.25) is 0 Å². The summed E-state index contributed by atoms with van der Waals surface area (Å²) in [4.78, 5) is 26.7. The third-order valence-electron chi connectivity index (χ3n) is 5.12. The first kappa shape index (κ1) is 23.2. The molecule has 2 amide bonds. The number of anilines is 1. The fourth-order valence-electron chi connectivity index (χ4n) is 3.33. The number of nitrogens with zero attached hydrogens (tertiary/aromatic N) is 3. The fourth-order valence-corrected chi connectivity index (χ4v) is 3.33. The maximum atomic E-state index is 12.6. The maximum Gasteiger partial charge on any atom is 0.422 e. The molecule has 0 aromatic heterocycles. The van der Waals surface area contributed by atoms with Gasteiger partial charge in [-0.3, -0.25) is 10.1 Å². The summed E-state index contributed by atoms with van der Waals surface area (Å²) in [5, 5.41) is 13.7. The number of nitrogens with one attached hydrogen (secondary N) is 1. The van der Waals surface area contributed by atoms with Crippen molar-refractivity contribution in [2.24, 2.45) is 0 Å². The average Bonchev–Trinajstić information content (AvgIpc) is 2.77. The lowest BCUT2D eigenvalue weighted by atomic mass is 10.1. The molecule has 2 aromatic rings. The van der Waals surface area contributed by atoms with Crippen molar-refractivity contribution < 1.29 is 27.6 Å². The highest BCUT2D eigenvalue weighted by molar-refractivity contribution is 5.75. The van der Waals surface area contributed by atoms with E-state index in [0.717, 1.165) is 11.3 Å². The first-order valence-electron chi connectivity index (χ1n) is 9.97. The van der Waals surface area contributed by atoms with Crippen molar-refractivity contribution in [2.75, 3.05) is 37.7 Å². The van der Waals surface area contributed by atoms with Crippen LogP contribution in [0.5, 0.6) is 5.75 Å². The highest BCUT2D eigenvalue weighted by Crippen LogP contribution is 2.23. The van der Waals surface area contributed by atoms with Gasteiger partial charge in [-0.25, -0.2) is 4.79 Å². The molecule has 0 aliphatic carbocycles. The van der Waals surface area contributed by atoms with Crippen molar-refractivity contribution in [2.45, 2.75) is 19.1 Å². The number of hydrogen-bond donors (Lipinski definition) is 1. The summed E-state index contributed by atoms with van der Waals surface area (Å²) in [7, 11) is 0. The van der Waals surface area contributed by atoms with E-state index in [1.54, 1.807) is 36.1 Å². The summed E-state index contributed by atoms with van der Waals surface area (Å²) in [5.41, 5.74) is 1.62. The molecule has 11 heteroatoms. The normalized spacial score (nSPS) is 15.2. The van der Waals surface area contributed by atoms with E-state index < -0.39 is 17.7 Å². The number of nitro groups is 1. The van der Waals surface area contributed by atoms with Gasteiger partial charge in [-0.1, -0.05) is 12.1 Å². The van der Waals surface area contributed by atoms with Gasteiger partial charge in [0.05, 0.1) is 11.0 Å². The van der Waals surface area contributed by atoms with Crippen LogP contribution in [-0.4, -0.2) is 54.8 Å². The van der Waals surface area contributed by atoms with Gasteiger partial charge in [-0.05, 0) is 36.8 Å². The van der Waals surface area contributed by atoms with Gasteiger partial charge in [0, 0.05) is 44.0 Å². The molecule has 2 aromatic carbocycles. The van der Waals surface area contributed by atoms with Gasteiger partial charge in [0.25, 0.3) is 5.69 Å². The number of halogens is 3. The number of carbonyl (C=O) groups is 1. The van der Waals surface area contributed by atoms with Gasteiger partial charge < -0.3 is 19.9 Å². The molecule has 1 fully saturated rings. The number of piperazine rings is 1. The van der Waals surface area contributed by atoms with E-state index in [2.05, 4.69) is 15.0 Å². The van der Waals surface area contributed by atoms with Crippen molar-refractivity contribution in [3.63, 3.8) is 0 Å². The Morgan fingerprint density at radius 1 is 1.09 bits per heavy atom. The highest BCUT2D eigenvalue weighted by atomic mass is 19.4. The largest absolute Gasteiger partial charge is 0.484 e. The molecule has 1 unspecified atom stereocenters. The Kier molecular flexibility index (Phi) is 7.06. The molecule has 1 atom stereocenters. The number of hydrogen-bond acceptors (Lipinski definition) is 5. The molecule has 8 nitrogen and oxygen atoms in total. The Morgan fingerprint density at radius 2 is 1.69 bits per heavy atom. The SMILES string of the molecule is CC(NC(=O)N1CCN(c2ccc([N+](=O)[O-])cc2)CC1)c1ccc(OCC(F)(F)F)cc1. The Labute approximate surface area is 182 Å². The van der Waals surface area contributed by atoms with E-state index >= 15 is 0 Å². The second-order valence-electron chi connectivity index (χ2n) is 7.39. The zero-order valence-corrected chi connectivity index (χ0v) is 17.3. The van der Waals surface area contributed by atoms with Crippen LogP contribution in [0.3, 0.4) is 0 Å². The minimum absolute atomic E-state index is 0.0284. The number of amides is 2. The zero-order chi connectivity index (χ0) is 23.3. The minimum atomic E-state index is -4.40. The Balaban J connectivity index is 1.48. The molecule has 32 heavy (non-hydrogen) atoms. The molecule has 0 radical (unpaired) electrons. The topological polar surface area (TPSA) is 88.0 Å². The zero-order valence-electron chi connectivity index (χ0n) is 17.3. The highest BCUT2D eigenvalue weighted by Gasteiger charge is 2.28. The van der Waals surface area contributed by atoms with Crippen molar-refractivity contribution in [1.82, 2.24) is 10.2 Å². The molecule has 1 aliphatic rings. The van der Waals surface area contributed by atoms with Crippen molar-refractivity contribution in [3.8, 4) is 5.75 Å². The van der Waals surface area contributed by atoms with Crippen LogP contribution in [0.4, 0.5) is 29.3 Å². The van der Waals surface area contributed by atoms with Crippen LogP contribution in [0, 0.1) is 10.1 Å². The molecule has 0 bridgehead atoms. The molecule has 172 valence electrons. The summed E-state index contributed by atoms with van der Waals surface area (Å²) in [6, 6.07) is 11.8. The number of carbonyl (C=O) groups excluding carboxylic acids is 1. The van der Waals surface area contributed by atoms with Crippen LogP contribution in [-0.2, 0) is 0 Å². The van der Waals surface area contributed by atoms with Crippen LogP contribution >= 0.6 is 0 Å². The fraction of sp³-hybridized carbons (Fsp3) is 0.381. The molecule has 1 saturated heterocycles. The standard InChI is InChI=1S/C21H23F3N4O4/c1-15(16-2-8-19(9-3-16)32-14-21(22,23)24)25-20(29)27-12-10-26(11-13-27)17-4-6-18(7-5-17)28(30)31/h2-9,15H,10-14H2,1H3,(H,25,29). The first-order chi connectivity index (χ1) is 15.1. The summed E-state index contributed by atoms with van der Waals surface area (Å²) in [6.07, 6.45) is -4.40. The van der Waals surface area contributed by atoms with E-state index in [1.165, 1.54) is 24.3 Å². The van der Waals surface area contributed by atoms with E-state index in [1.807, 2.05) is 0 Å². The van der Waals surface area contributed by atoms with Gasteiger partial charge >= 0.3 is 12.2 Å². The average molecular weight is 452 g/mol. The molecule has 3 rings (SSSR count). The number of ether oxygens (including phenoxy) is 1. The molecule has 1 N–H and O–H groups in total. The van der Waals surface area contributed by atoms with Gasteiger partial charge in [0.15, 0.2) is 6.61 Å². The van der Waals surface area contributed by atoms with Crippen LogP contribution in [0.15, 0.2) is 48.5 Å². The van der Waals surface area contributed by atoms with Crippen LogP contribution < -0.4 is 15.0 Å². The lowest BCUT2D eigenvalue weighted by molar-refractivity contribution is -0.384. The van der Waals surface area contributed by atoms with Crippen molar-refractivity contribution >= 4 is 17.4 Å². The van der Waals surface area contributed by atoms with Gasteiger partial charge in [-0.2, -0.15) is 13.2 Å². The second kappa shape index (κ2) is 9.75. The van der Waals surface area contributed by atoms with E-state index in [-0.39, 0.29) is 23.5 Å². The van der Waals surface area contributed by atoms with Crippen molar-refractivity contribution in [1.29, 1.82) is 0 Å². The monoisotopic (exact) mass is 452 g/mol. The summed E-state index contributed by atoms with van der Waals surface area (Å²) >= 11 is 0. The lowest BCUT2D eigenvalue weighted by Gasteiger charge is -2.36. The summed E-state index contributed by atoms with van der Waals surface area (Å²) < 4.78 is 41.4. The number of rotatable bonds is 6. The molecular formula is C21H23F3N4O4. The Hall–Kier alpha value is -3.50. The third-order valence-corrected chi connectivity index (χ3v) is 5.12. The number of urea groups is 1. The number of alkyl halides is 3. The third kappa shape index (κ3) is 6.25. The number of non-ortho nitro benzene ring substituents is 1. The molecule has 1 aliphatic heterocycles. The number of nitro benzene ring substituents is 1. The molecule has 0 spiro atoms. The molecule has 0 saturated carbocycles. The predicted molar refractivity (Wildman–Crippen MR) is 112 cm³/mol. The quantitative estimate of drug-likeness (QED) is 0.526. The first-order valence-corrected chi connectivity index (χ1v) is 9.97. The van der Waals surface area contributed by atoms with Crippen molar-refractivity contribution in [3.05, 3.63) is 64.2 Å². The van der Waals surface area contributed by atoms with Gasteiger partial charge in [0.1, 0.15) is 5.75 Å². The summed E-state index contributed by atoms with van der Waals surface area (Å²) in [6.45, 7) is 2.58. The predicted octanol–water partition coefficient (Wildman–Crippen LogP) is 4.13. The van der Waals surface area contributed by atoms with Gasteiger partial charge in [-0.15, -0.1) is 0 Å².